The summed E-state index contributed by atoms with van der Waals surface area (Å²) in [6.45, 7) is 1.77. The van der Waals surface area contributed by atoms with E-state index in [9.17, 15) is 9.18 Å². The summed E-state index contributed by atoms with van der Waals surface area (Å²) in [5.41, 5.74) is 1.51. The fraction of sp³-hybridized carbons (Fsp3) is 0.391. The number of carbonyl (C=O) groups excluding carboxylic acids is 1. The molecular formula is C23H22FN3O2. The average molecular weight is 391 g/mol. The van der Waals surface area contributed by atoms with Crippen molar-refractivity contribution in [3.05, 3.63) is 65.5 Å². The number of ether oxygens (including phenoxy) is 1. The zero-order valence-corrected chi connectivity index (χ0v) is 16.1. The molecule has 148 valence electrons. The molecule has 2 atom stereocenters. The molecule has 2 unspecified atom stereocenters. The van der Waals surface area contributed by atoms with Crippen molar-refractivity contribution in [2.75, 3.05) is 24.6 Å². The summed E-state index contributed by atoms with van der Waals surface area (Å²) in [4.78, 5) is 17.4. The van der Waals surface area contributed by atoms with Crippen LogP contribution in [0, 0.1) is 22.6 Å². The fourth-order valence-electron chi connectivity index (χ4n) is 5.05. The number of amides is 1. The monoisotopic (exact) mass is 391 g/mol. The Bertz CT molecular complexity index is 979. The quantitative estimate of drug-likeness (QED) is 0.785. The summed E-state index contributed by atoms with van der Waals surface area (Å²) in [6.07, 6.45) is 1.91. The zero-order valence-electron chi connectivity index (χ0n) is 16.1. The molecule has 0 saturated carbocycles. The molecule has 29 heavy (non-hydrogen) atoms. The summed E-state index contributed by atoms with van der Waals surface area (Å²) in [6, 6.07) is 16.6. The molecule has 1 spiro atoms. The molecule has 0 aliphatic carbocycles. The Labute approximate surface area is 169 Å². The zero-order chi connectivity index (χ0) is 20.0. The minimum atomic E-state index is -0.419. The lowest BCUT2D eigenvalue weighted by Gasteiger charge is -2.39. The van der Waals surface area contributed by atoms with E-state index in [1.807, 2.05) is 46.2 Å². The third-order valence-electron chi connectivity index (χ3n) is 6.67. The maximum atomic E-state index is 14.4. The van der Waals surface area contributed by atoms with E-state index in [1.54, 1.807) is 12.1 Å². The highest BCUT2D eigenvalue weighted by Gasteiger charge is 2.57. The van der Waals surface area contributed by atoms with Crippen LogP contribution < -0.4 is 4.90 Å². The van der Waals surface area contributed by atoms with Gasteiger partial charge < -0.3 is 14.5 Å². The molecule has 2 aromatic carbocycles. The summed E-state index contributed by atoms with van der Waals surface area (Å²) in [5.74, 6) is -0.209. The number of nitriles is 1. The van der Waals surface area contributed by atoms with Gasteiger partial charge in [-0.3, -0.25) is 4.79 Å². The second kappa shape index (κ2) is 6.85. The van der Waals surface area contributed by atoms with Gasteiger partial charge in [-0.1, -0.05) is 30.3 Å². The van der Waals surface area contributed by atoms with Crippen LogP contribution in [0.4, 0.5) is 10.1 Å². The van der Waals surface area contributed by atoms with E-state index in [0.717, 1.165) is 5.56 Å². The highest BCUT2D eigenvalue weighted by atomic mass is 19.1. The lowest BCUT2D eigenvalue weighted by atomic mass is 9.76. The van der Waals surface area contributed by atoms with Crippen LogP contribution in [0.15, 0.2) is 48.5 Å². The van der Waals surface area contributed by atoms with E-state index < -0.39 is 5.41 Å². The molecule has 0 N–H and O–H groups in total. The third-order valence-corrected chi connectivity index (χ3v) is 6.67. The molecule has 3 fully saturated rings. The first-order valence-corrected chi connectivity index (χ1v) is 10.1. The van der Waals surface area contributed by atoms with Gasteiger partial charge in [0.25, 0.3) is 0 Å². The molecule has 3 heterocycles. The lowest BCUT2D eigenvalue weighted by Crippen LogP contribution is -2.45. The van der Waals surface area contributed by atoms with Gasteiger partial charge in [0.15, 0.2) is 0 Å². The number of piperidine rings is 1. The number of anilines is 1. The Balaban J connectivity index is 1.33. The molecule has 3 aliphatic rings. The number of fused-ring (bicyclic) bond motifs is 1. The standard InChI is InChI=1S/C23H22FN3O2/c24-18-12-16(14-25)6-7-19(18)26-10-8-23(9-11-26)13-21-27(22(23)28)20(15-29-21)17-4-2-1-3-5-17/h1-7,12,20-21H,8-11,13,15H2. The van der Waals surface area contributed by atoms with Crippen LogP contribution in [0.2, 0.25) is 0 Å². The summed E-state index contributed by atoms with van der Waals surface area (Å²) in [7, 11) is 0. The first kappa shape index (κ1) is 18.1. The third kappa shape index (κ3) is 2.89. The predicted molar refractivity (Wildman–Crippen MR) is 105 cm³/mol. The molecule has 3 saturated heterocycles. The number of nitrogens with zero attached hydrogens (tertiary/aromatic N) is 3. The SMILES string of the molecule is N#Cc1ccc(N2CCC3(CC2)CC2OCC(c4ccccc4)N2C3=O)c(F)c1. The van der Waals surface area contributed by atoms with Crippen LogP contribution in [0.5, 0.6) is 0 Å². The van der Waals surface area contributed by atoms with Crippen LogP contribution >= 0.6 is 0 Å². The number of carbonyl (C=O) groups is 1. The van der Waals surface area contributed by atoms with Crippen LogP contribution in [0.3, 0.4) is 0 Å². The maximum absolute atomic E-state index is 14.4. The molecule has 5 nitrogen and oxygen atoms in total. The van der Waals surface area contributed by atoms with Crippen molar-refractivity contribution >= 4 is 11.6 Å². The van der Waals surface area contributed by atoms with Gasteiger partial charge in [-0.2, -0.15) is 5.26 Å². The van der Waals surface area contributed by atoms with Crippen LogP contribution in [0.25, 0.3) is 0 Å². The van der Waals surface area contributed by atoms with Gasteiger partial charge in [-0.05, 0) is 36.6 Å². The van der Waals surface area contributed by atoms with E-state index in [1.165, 1.54) is 6.07 Å². The second-order valence-electron chi connectivity index (χ2n) is 8.18. The molecule has 0 aromatic heterocycles. The molecule has 0 radical (unpaired) electrons. The van der Waals surface area contributed by atoms with Gasteiger partial charge in [0.2, 0.25) is 5.91 Å². The van der Waals surface area contributed by atoms with Crippen molar-refractivity contribution in [2.45, 2.75) is 31.5 Å². The highest BCUT2D eigenvalue weighted by molar-refractivity contribution is 5.86. The van der Waals surface area contributed by atoms with E-state index in [-0.39, 0.29) is 24.0 Å². The Morgan fingerprint density at radius 3 is 2.59 bits per heavy atom. The number of benzene rings is 2. The van der Waals surface area contributed by atoms with Gasteiger partial charge in [0, 0.05) is 19.5 Å². The summed E-state index contributed by atoms with van der Waals surface area (Å²) < 4.78 is 20.4. The average Bonchev–Trinajstić information content (AvgIpc) is 3.28. The molecule has 3 aliphatic heterocycles. The Morgan fingerprint density at radius 1 is 1.14 bits per heavy atom. The minimum Gasteiger partial charge on any atom is -0.369 e. The second-order valence-corrected chi connectivity index (χ2v) is 8.18. The Kier molecular flexibility index (Phi) is 4.29. The highest BCUT2D eigenvalue weighted by Crippen LogP contribution is 2.50. The van der Waals surface area contributed by atoms with Gasteiger partial charge in [0.05, 0.1) is 35.4 Å². The topological polar surface area (TPSA) is 56.6 Å². The van der Waals surface area contributed by atoms with Gasteiger partial charge in [-0.15, -0.1) is 0 Å². The van der Waals surface area contributed by atoms with E-state index in [4.69, 9.17) is 10.00 Å². The largest absolute Gasteiger partial charge is 0.369 e. The van der Waals surface area contributed by atoms with Crippen molar-refractivity contribution < 1.29 is 13.9 Å². The molecular weight excluding hydrogens is 369 g/mol. The number of hydrogen-bond acceptors (Lipinski definition) is 4. The molecule has 5 rings (SSSR count). The smallest absolute Gasteiger partial charge is 0.231 e. The van der Waals surface area contributed by atoms with Crippen molar-refractivity contribution in [1.29, 1.82) is 5.26 Å². The van der Waals surface area contributed by atoms with Gasteiger partial charge >= 0.3 is 0 Å². The van der Waals surface area contributed by atoms with Crippen molar-refractivity contribution in [3.63, 3.8) is 0 Å². The van der Waals surface area contributed by atoms with Crippen LogP contribution in [-0.2, 0) is 9.53 Å². The van der Waals surface area contributed by atoms with Gasteiger partial charge in [-0.25, -0.2) is 4.39 Å². The normalized spacial score (nSPS) is 25.3. The minimum absolute atomic E-state index is 0.0259. The summed E-state index contributed by atoms with van der Waals surface area (Å²) >= 11 is 0. The molecule has 6 heteroatoms. The van der Waals surface area contributed by atoms with Crippen LogP contribution in [0.1, 0.15) is 36.4 Å². The first-order valence-electron chi connectivity index (χ1n) is 10.1. The fourth-order valence-corrected chi connectivity index (χ4v) is 5.05. The molecule has 1 amide bonds. The van der Waals surface area contributed by atoms with Crippen LogP contribution in [-0.4, -0.2) is 36.7 Å². The Morgan fingerprint density at radius 2 is 1.90 bits per heavy atom. The first-order chi connectivity index (χ1) is 14.1. The molecule has 0 bridgehead atoms. The molecule has 2 aromatic rings. The number of halogens is 1. The predicted octanol–water partition coefficient (Wildman–Crippen LogP) is 3.61. The number of hydrogen-bond donors (Lipinski definition) is 0. The summed E-state index contributed by atoms with van der Waals surface area (Å²) in [5, 5.41) is 8.93. The Hall–Kier alpha value is -2.91. The van der Waals surface area contributed by atoms with Crippen molar-refractivity contribution in [1.82, 2.24) is 4.90 Å². The van der Waals surface area contributed by atoms with E-state index in [2.05, 4.69) is 0 Å². The van der Waals surface area contributed by atoms with Crippen molar-refractivity contribution in [3.8, 4) is 6.07 Å². The van der Waals surface area contributed by atoms with E-state index >= 15 is 0 Å². The van der Waals surface area contributed by atoms with Gasteiger partial charge in [0.1, 0.15) is 12.0 Å². The van der Waals surface area contributed by atoms with Crippen molar-refractivity contribution in [2.24, 2.45) is 5.41 Å². The van der Waals surface area contributed by atoms with E-state index in [0.29, 0.717) is 50.2 Å². The number of rotatable bonds is 2. The maximum Gasteiger partial charge on any atom is 0.231 e. The lowest BCUT2D eigenvalue weighted by molar-refractivity contribution is -0.139.